The van der Waals surface area contributed by atoms with Gasteiger partial charge in [0.15, 0.2) is 0 Å². The minimum Gasteiger partial charge on any atom is -0.478 e. The molecule has 0 fully saturated rings. The van der Waals surface area contributed by atoms with Crippen LogP contribution < -0.4 is 0 Å². The molecular weight excluding hydrogens is 319 g/mol. The van der Waals surface area contributed by atoms with Gasteiger partial charge in [0.2, 0.25) is 0 Å². The second-order valence-corrected chi connectivity index (χ2v) is 6.34. The zero-order valence-corrected chi connectivity index (χ0v) is 14.2. The van der Waals surface area contributed by atoms with Crippen molar-refractivity contribution >= 4 is 17.6 Å². The Morgan fingerprint density at radius 3 is 2.65 bits per heavy atom. The van der Waals surface area contributed by atoms with Gasteiger partial charge in [0.25, 0.3) is 0 Å². The van der Waals surface area contributed by atoms with Crippen LogP contribution in [-0.2, 0) is 12.8 Å². The van der Waals surface area contributed by atoms with Gasteiger partial charge in [-0.3, -0.25) is 0 Å². The summed E-state index contributed by atoms with van der Waals surface area (Å²) >= 11 is 5.85. The third-order valence-electron chi connectivity index (χ3n) is 3.50. The van der Waals surface area contributed by atoms with Crippen molar-refractivity contribution in [2.24, 2.45) is 5.92 Å². The zero-order valence-electron chi connectivity index (χ0n) is 13.4. The van der Waals surface area contributed by atoms with Crippen LogP contribution in [-0.4, -0.2) is 20.9 Å². The highest BCUT2D eigenvalue weighted by atomic mass is 35.5. The van der Waals surface area contributed by atoms with Gasteiger partial charge in [0, 0.05) is 0 Å². The Morgan fingerprint density at radius 1 is 1.43 bits per heavy atom. The van der Waals surface area contributed by atoms with Crippen molar-refractivity contribution in [3.63, 3.8) is 0 Å². The number of carboxylic acid groups (broad SMARTS) is 1. The molecule has 23 heavy (non-hydrogen) atoms. The molecule has 2 aromatic rings. The third-order valence-corrected chi connectivity index (χ3v) is 3.79. The van der Waals surface area contributed by atoms with Crippen molar-refractivity contribution in [1.29, 1.82) is 0 Å². The summed E-state index contributed by atoms with van der Waals surface area (Å²) in [6.45, 7) is 6.00. The number of hydrogen-bond donors (Lipinski definition) is 1. The Morgan fingerprint density at radius 2 is 2.13 bits per heavy atom. The lowest BCUT2D eigenvalue weighted by Crippen LogP contribution is -2.07. The van der Waals surface area contributed by atoms with Gasteiger partial charge in [-0.1, -0.05) is 38.8 Å². The minimum absolute atomic E-state index is 0.0114. The number of halogens is 2. The van der Waals surface area contributed by atoms with Crippen LogP contribution in [0.2, 0.25) is 5.02 Å². The van der Waals surface area contributed by atoms with Crippen molar-refractivity contribution in [3.8, 4) is 5.69 Å². The topological polar surface area (TPSA) is 55.1 Å². The number of hydrogen-bond acceptors (Lipinski definition) is 2. The van der Waals surface area contributed by atoms with Crippen molar-refractivity contribution in [2.45, 2.75) is 40.0 Å². The number of rotatable bonds is 6. The molecule has 0 bridgehead atoms. The number of aromatic carboxylic acids is 1. The highest BCUT2D eigenvalue weighted by Crippen LogP contribution is 2.25. The summed E-state index contributed by atoms with van der Waals surface area (Å²) in [5.41, 5.74) is 1.99. The standard InChI is InChI=1S/C17H20ClFN2O2/c1-4-5-15-16(17(22)23)14(8-10(2)3)20-21(15)11-6-7-13(19)12(18)9-11/h6-7,9-10H,4-5,8H2,1-3H3,(H,22,23). The normalized spacial score (nSPS) is 11.2. The molecule has 0 aliphatic carbocycles. The molecule has 124 valence electrons. The molecule has 1 N–H and O–H groups in total. The number of benzene rings is 1. The molecule has 1 aromatic heterocycles. The Hall–Kier alpha value is -1.88. The van der Waals surface area contributed by atoms with Gasteiger partial charge >= 0.3 is 5.97 Å². The van der Waals surface area contributed by atoms with E-state index in [0.29, 0.717) is 29.9 Å². The molecule has 0 unspecified atom stereocenters. The molecule has 0 saturated heterocycles. The Balaban J connectivity index is 2.65. The van der Waals surface area contributed by atoms with E-state index >= 15 is 0 Å². The highest BCUT2D eigenvalue weighted by Gasteiger charge is 2.24. The maximum atomic E-state index is 13.4. The summed E-state index contributed by atoms with van der Waals surface area (Å²) in [5, 5.41) is 14.1. The van der Waals surface area contributed by atoms with E-state index in [1.165, 1.54) is 12.1 Å². The van der Waals surface area contributed by atoms with E-state index in [2.05, 4.69) is 5.10 Å². The summed E-state index contributed by atoms with van der Waals surface area (Å²) in [6.07, 6.45) is 1.92. The first-order valence-electron chi connectivity index (χ1n) is 7.64. The fourth-order valence-corrected chi connectivity index (χ4v) is 2.75. The lowest BCUT2D eigenvalue weighted by Gasteiger charge is -2.08. The monoisotopic (exact) mass is 338 g/mol. The van der Waals surface area contributed by atoms with Crippen LogP contribution in [0.5, 0.6) is 0 Å². The first-order valence-corrected chi connectivity index (χ1v) is 8.02. The molecule has 6 heteroatoms. The lowest BCUT2D eigenvalue weighted by atomic mass is 10.0. The van der Waals surface area contributed by atoms with Gasteiger partial charge in [-0.25, -0.2) is 13.9 Å². The van der Waals surface area contributed by atoms with Crippen molar-refractivity contribution < 1.29 is 14.3 Å². The maximum absolute atomic E-state index is 13.4. The molecule has 0 amide bonds. The first-order chi connectivity index (χ1) is 10.8. The van der Waals surface area contributed by atoms with Gasteiger partial charge in [0.1, 0.15) is 11.4 Å². The summed E-state index contributed by atoms with van der Waals surface area (Å²) in [6, 6.07) is 4.28. The molecule has 1 heterocycles. The Kier molecular flexibility index (Phi) is 5.42. The zero-order chi connectivity index (χ0) is 17.1. The van der Waals surface area contributed by atoms with Crippen LogP contribution in [0.15, 0.2) is 18.2 Å². The largest absolute Gasteiger partial charge is 0.478 e. The molecule has 0 radical (unpaired) electrons. The van der Waals surface area contributed by atoms with E-state index in [9.17, 15) is 14.3 Å². The Labute approximate surface area is 139 Å². The molecule has 0 saturated carbocycles. The predicted molar refractivity (Wildman–Crippen MR) is 88.0 cm³/mol. The number of carboxylic acids is 1. The quantitative estimate of drug-likeness (QED) is 0.842. The summed E-state index contributed by atoms with van der Waals surface area (Å²) in [5.74, 6) is -1.22. The van der Waals surface area contributed by atoms with E-state index in [1.54, 1.807) is 10.7 Å². The van der Waals surface area contributed by atoms with Gasteiger partial charge < -0.3 is 5.11 Å². The highest BCUT2D eigenvalue weighted by molar-refractivity contribution is 6.30. The summed E-state index contributed by atoms with van der Waals surface area (Å²) in [7, 11) is 0. The molecule has 4 nitrogen and oxygen atoms in total. The fourth-order valence-electron chi connectivity index (χ4n) is 2.58. The van der Waals surface area contributed by atoms with E-state index in [4.69, 9.17) is 11.6 Å². The van der Waals surface area contributed by atoms with Gasteiger partial charge in [-0.05, 0) is 37.0 Å². The van der Waals surface area contributed by atoms with Crippen LogP contribution in [0.3, 0.4) is 0 Å². The SMILES string of the molecule is CCCc1c(C(=O)O)c(CC(C)C)nn1-c1ccc(F)c(Cl)c1. The van der Waals surface area contributed by atoms with E-state index < -0.39 is 11.8 Å². The predicted octanol–water partition coefficient (Wildman–Crippen LogP) is 4.51. The van der Waals surface area contributed by atoms with Crippen LogP contribution >= 0.6 is 11.6 Å². The molecule has 2 rings (SSSR count). The third kappa shape index (κ3) is 3.72. The first kappa shape index (κ1) is 17.5. The van der Waals surface area contributed by atoms with E-state index in [0.717, 1.165) is 6.42 Å². The van der Waals surface area contributed by atoms with E-state index in [-0.39, 0.29) is 16.5 Å². The van der Waals surface area contributed by atoms with Crippen LogP contribution in [0, 0.1) is 11.7 Å². The molecular formula is C17H20ClFN2O2. The smallest absolute Gasteiger partial charge is 0.339 e. The van der Waals surface area contributed by atoms with Gasteiger partial charge in [-0.2, -0.15) is 5.10 Å². The maximum Gasteiger partial charge on any atom is 0.339 e. The number of aromatic nitrogens is 2. The van der Waals surface area contributed by atoms with Gasteiger partial charge in [-0.15, -0.1) is 0 Å². The molecule has 1 aromatic carbocycles. The van der Waals surface area contributed by atoms with Crippen molar-refractivity contribution in [1.82, 2.24) is 9.78 Å². The molecule has 0 atom stereocenters. The average molecular weight is 339 g/mol. The van der Waals surface area contributed by atoms with Crippen molar-refractivity contribution in [3.05, 3.63) is 46.0 Å². The second-order valence-electron chi connectivity index (χ2n) is 5.93. The summed E-state index contributed by atoms with van der Waals surface area (Å²) < 4.78 is 15.0. The second kappa shape index (κ2) is 7.13. The van der Waals surface area contributed by atoms with E-state index in [1.807, 2.05) is 20.8 Å². The van der Waals surface area contributed by atoms with Crippen LogP contribution in [0.25, 0.3) is 5.69 Å². The lowest BCUT2D eigenvalue weighted by molar-refractivity contribution is 0.0694. The average Bonchev–Trinajstić information content (AvgIpc) is 2.80. The van der Waals surface area contributed by atoms with Gasteiger partial charge in [0.05, 0.1) is 22.1 Å². The summed E-state index contributed by atoms with van der Waals surface area (Å²) in [4.78, 5) is 11.7. The Bertz CT molecular complexity index is 726. The van der Waals surface area contributed by atoms with Crippen LogP contribution in [0.1, 0.15) is 48.9 Å². The van der Waals surface area contributed by atoms with Crippen LogP contribution in [0.4, 0.5) is 4.39 Å². The van der Waals surface area contributed by atoms with Crippen molar-refractivity contribution in [2.75, 3.05) is 0 Å². The molecule has 0 aliphatic heterocycles. The minimum atomic E-state index is -0.983. The molecule has 0 aliphatic rings. The molecule has 0 spiro atoms. The number of carbonyl (C=O) groups is 1. The number of nitrogens with zero attached hydrogens (tertiary/aromatic N) is 2. The fraction of sp³-hybridized carbons (Fsp3) is 0.412.